The van der Waals surface area contributed by atoms with Crippen molar-refractivity contribution in [2.24, 2.45) is 0 Å². The van der Waals surface area contributed by atoms with Gasteiger partial charge in [-0.2, -0.15) is 0 Å². The van der Waals surface area contributed by atoms with Crippen molar-refractivity contribution >= 4 is 43.3 Å². The Morgan fingerprint density at radius 1 is 0.353 bits per heavy atom. The van der Waals surface area contributed by atoms with E-state index >= 15 is 0 Å². The molecule has 3 heteroatoms. The fourth-order valence-electron chi connectivity index (χ4n) is 7.52. The summed E-state index contributed by atoms with van der Waals surface area (Å²) in [7, 11) is 0. The summed E-state index contributed by atoms with van der Waals surface area (Å²) in [6.07, 6.45) is 0. The Morgan fingerprint density at radius 2 is 0.922 bits per heavy atom. The van der Waals surface area contributed by atoms with Crippen LogP contribution in [0.2, 0.25) is 0 Å². The molecule has 0 fully saturated rings. The van der Waals surface area contributed by atoms with E-state index in [0.717, 1.165) is 44.8 Å². The van der Waals surface area contributed by atoms with Crippen LogP contribution in [0.5, 0.6) is 0 Å². The molecule has 0 saturated carbocycles. The average Bonchev–Trinajstić information content (AvgIpc) is 3.65. The first kappa shape index (κ1) is 29.1. The van der Waals surface area contributed by atoms with Gasteiger partial charge in [-0.3, -0.25) is 0 Å². The highest BCUT2D eigenvalue weighted by molar-refractivity contribution is 6.27. The molecular formula is C48H30N2O. The maximum absolute atomic E-state index is 6.28. The first-order valence-corrected chi connectivity index (χ1v) is 17.2. The highest BCUT2D eigenvalue weighted by Gasteiger charge is 2.19. The largest absolute Gasteiger partial charge is 0.454 e. The maximum atomic E-state index is 6.28. The summed E-state index contributed by atoms with van der Waals surface area (Å²) in [5, 5.41) is 8.51. The van der Waals surface area contributed by atoms with E-state index in [1.165, 1.54) is 49.0 Å². The van der Waals surface area contributed by atoms with E-state index in [-0.39, 0.29) is 0 Å². The monoisotopic (exact) mass is 650 g/mol. The highest BCUT2D eigenvalue weighted by Crippen LogP contribution is 2.46. The molecule has 0 aliphatic heterocycles. The standard InChI is InChI=1S/C48H30N2O/c1-3-14-33(15-4-1)46-39-21-11-10-20-38(39)45(40-28-27-31-13-7-9-19-37(31)47(40)46)34-25-23-32(24-26-34)41-30-42(44-29-36-18-8-12-22-43(36)51-44)50-48(49-41)35-16-5-2-6-17-35/h1-30H. The van der Waals surface area contributed by atoms with Gasteiger partial charge in [0, 0.05) is 16.5 Å². The number of nitrogens with zero attached hydrogens (tertiary/aromatic N) is 2. The van der Waals surface area contributed by atoms with E-state index < -0.39 is 0 Å². The fraction of sp³-hybridized carbons (Fsp3) is 0. The Hall–Kier alpha value is -6.84. The zero-order valence-electron chi connectivity index (χ0n) is 27.6. The third-order valence-corrected chi connectivity index (χ3v) is 9.88. The number of benzene rings is 8. The second kappa shape index (κ2) is 11.9. The Kier molecular flexibility index (Phi) is 6.81. The van der Waals surface area contributed by atoms with Crippen LogP contribution in [-0.4, -0.2) is 9.97 Å². The Bertz CT molecular complexity index is 2860. The molecule has 51 heavy (non-hydrogen) atoms. The summed E-state index contributed by atoms with van der Waals surface area (Å²) in [4.78, 5) is 10.1. The maximum Gasteiger partial charge on any atom is 0.160 e. The van der Waals surface area contributed by atoms with Crippen LogP contribution in [0.25, 0.3) is 99.6 Å². The number of hydrogen-bond acceptors (Lipinski definition) is 3. The number of furan rings is 1. The zero-order valence-corrected chi connectivity index (χ0v) is 27.6. The van der Waals surface area contributed by atoms with E-state index in [9.17, 15) is 0 Å². The molecule has 0 N–H and O–H groups in total. The molecule has 0 aliphatic rings. The summed E-state index contributed by atoms with van der Waals surface area (Å²) in [5.41, 5.74) is 9.26. The molecule has 0 atom stereocenters. The highest BCUT2D eigenvalue weighted by atomic mass is 16.3. The predicted octanol–water partition coefficient (Wildman–Crippen LogP) is 13.0. The van der Waals surface area contributed by atoms with Gasteiger partial charge in [0.1, 0.15) is 11.3 Å². The summed E-state index contributed by atoms with van der Waals surface area (Å²) in [6, 6.07) is 64.0. The van der Waals surface area contributed by atoms with E-state index in [4.69, 9.17) is 14.4 Å². The SMILES string of the molecule is c1ccc(-c2nc(-c3ccc(-c4c5ccccc5c(-c5ccccc5)c5c4ccc4ccccc45)cc3)cc(-c3cc4ccccc4o3)n2)cc1. The van der Waals surface area contributed by atoms with Gasteiger partial charge in [0.2, 0.25) is 0 Å². The normalized spacial score (nSPS) is 11.5. The molecule has 8 aromatic carbocycles. The van der Waals surface area contributed by atoms with Crippen molar-refractivity contribution in [1.82, 2.24) is 9.97 Å². The first-order chi connectivity index (χ1) is 25.3. The van der Waals surface area contributed by atoms with Gasteiger partial charge in [-0.1, -0.05) is 164 Å². The van der Waals surface area contributed by atoms with Gasteiger partial charge in [0.05, 0.1) is 5.69 Å². The lowest BCUT2D eigenvalue weighted by atomic mass is 9.84. The van der Waals surface area contributed by atoms with Crippen molar-refractivity contribution < 1.29 is 4.42 Å². The molecule has 2 heterocycles. The van der Waals surface area contributed by atoms with Crippen LogP contribution in [-0.2, 0) is 0 Å². The summed E-state index contributed by atoms with van der Waals surface area (Å²) < 4.78 is 6.28. The van der Waals surface area contributed by atoms with Gasteiger partial charge in [-0.15, -0.1) is 0 Å². The molecule has 10 rings (SSSR count). The average molecular weight is 651 g/mol. The molecule has 0 spiro atoms. The second-order valence-corrected chi connectivity index (χ2v) is 12.9. The van der Waals surface area contributed by atoms with Crippen molar-refractivity contribution in [3.8, 4) is 56.4 Å². The summed E-state index contributed by atoms with van der Waals surface area (Å²) in [6.45, 7) is 0. The van der Waals surface area contributed by atoms with Crippen molar-refractivity contribution in [1.29, 1.82) is 0 Å². The van der Waals surface area contributed by atoms with Gasteiger partial charge < -0.3 is 4.42 Å². The van der Waals surface area contributed by atoms with Crippen molar-refractivity contribution in [3.05, 3.63) is 182 Å². The Labute approximate surface area is 295 Å². The van der Waals surface area contributed by atoms with Crippen LogP contribution >= 0.6 is 0 Å². The zero-order chi connectivity index (χ0) is 33.7. The molecule has 238 valence electrons. The van der Waals surface area contributed by atoms with Gasteiger partial charge in [-0.25, -0.2) is 9.97 Å². The van der Waals surface area contributed by atoms with Crippen LogP contribution < -0.4 is 0 Å². The minimum Gasteiger partial charge on any atom is -0.454 e. The van der Waals surface area contributed by atoms with Crippen molar-refractivity contribution in [2.45, 2.75) is 0 Å². The minimum atomic E-state index is 0.660. The number of aromatic nitrogens is 2. The molecule has 0 aliphatic carbocycles. The quantitative estimate of drug-likeness (QED) is 0.137. The molecule has 0 unspecified atom stereocenters. The molecular weight excluding hydrogens is 621 g/mol. The second-order valence-electron chi connectivity index (χ2n) is 12.9. The van der Waals surface area contributed by atoms with Gasteiger partial charge in [0.15, 0.2) is 11.6 Å². The Morgan fingerprint density at radius 3 is 1.67 bits per heavy atom. The molecule has 0 saturated heterocycles. The van der Waals surface area contributed by atoms with Crippen molar-refractivity contribution in [2.75, 3.05) is 0 Å². The topological polar surface area (TPSA) is 38.9 Å². The lowest BCUT2D eigenvalue weighted by Gasteiger charge is -2.19. The third kappa shape index (κ3) is 4.98. The Balaban J connectivity index is 1.17. The van der Waals surface area contributed by atoms with E-state index in [1.807, 2.05) is 54.6 Å². The van der Waals surface area contributed by atoms with Gasteiger partial charge >= 0.3 is 0 Å². The molecule has 0 amide bonds. The molecule has 0 bridgehead atoms. The van der Waals surface area contributed by atoms with Crippen LogP contribution in [0.15, 0.2) is 186 Å². The minimum absolute atomic E-state index is 0.660. The molecule has 3 nitrogen and oxygen atoms in total. The van der Waals surface area contributed by atoms with Crippen LogP contribution in [0.1, 0.15) is 0 Å². The van der Waals surface area contributed by atoms with Gasteiger partial charge in [-0.05, 0) is 72.8 Å². The van der Waals surface area contributed by atoms with E-state index in [0.29, 0.717) is 5.82 Å². The summed E-state index contributed by atoms with van der Waals surface area (Å²) in [5.74, 6) is 1.38. The first-order valence-electron chi connectivity index (χ1n) is 17.2. The van der Waals surface area contributed by atoms with E-state index in [1.54, 1.807) is 0 Å². The lowest BCUT2D eigenvalue weighted by Crippen LogP contribution is -1.95. The van der Waals surface area contributed by atoms with Crippen LogP contribution in [0.4, 0.5) is 0 Å². The summed E-state index contributed by atoms with van der Waals surface area (Å²) >= 11 is 0. The number of para-hydroxylation sites is 1. The van der Waals surface area contributed by atoms with Crippen molar-refractivity contribution in [3.63, 3.8) is 0 Å². The van der Waals surface area contributed by atoms with Crippen LogP contribution in [0, 0.1) is 0 Å². The molecule has 10 aromatic rings. The molecule has 2 aromatic heterocycles. The third-order valence-electron chi connectivity index (χ3n) is 9.88. The van der Waals surface area contributed by atoms with E-state index in [2.05, 4.69) is 127 Å². The number of hydrogen-bond donors (Lipinski definition) is 0. The van der Waals surface area contributed by atoms with Gasteiger partial charge in [0.25, 0.3) is 0 Å². The van der Waals surface area contributed by atoms with Crippen LogP contribution in [0.3, 0.4) is 0 Å². The lowest BCUT2D eigenvalue weighted by molar-refractivity contribution is 0.628. The molecule has 0 radical (unpaired) electrons. The number of rotatable bonds is 5. The number of fused-ring (bicyclic) bond motifs is 5. The predicted molar refractivity (Wildman–Crippen MR) is 212 cm³/mol. The fourth-order valence-corrected chi connectivity index (χ4v) is 7.52. The smallest absolute Gasteiger partial charge is 0.160 e.